The van der Waals surface area contributed by atoms with Gasteiger partial charge in [0.05, 0.1) is 16.4 Å². The molecule has 0 unspecified atom stereocenters. The van der Waals surface area contributed by atoms with Crippen LogP contribution in [0.2, 0.25) is 0 Å². The van der Waals surface area contributed by atoms with E-state index in [1.165, 1.54) is 18.2 Å². The summed E-state index contributed by atoms with van der Waals surface area (Å²) in [7, 11) is -2.10. The molecule has 0 bridgehead atoms. The summed E-state index contributed by atoms with van der Waals surface area (Å²) in [6, 6.07) is 16.3. The Morgan fingerprint density at radius 2 is 1.86 bits per heavy atom. The molecule has 6 nitrogen and oxygen atoms in total. The van der Waals surface area contributed by atoms with E-state index in [-0.39, 0.29) is 15.7 Å². The lowest BCUT2D eigenvalue weighted by Crippen LogP contribution is -2.08. The second-order valence-electron chi connectivity index (χ2n) is 6.22. The molecule has 0 fully saturated rings. The van der Waals surface area contributed by atoms with E-state index in [1.54, 1.807) is 68.0 Å². The monoisotopic (exact) mass is 408 g/mol. The van der Waals surface area contributed by atoms with Gasteiger partial charge in [-0.2, -0.15) is 0 Å². The zero-order valence-electron chi connectivity index (χ0n) is 15.8. The van der Waals surface area contributed by atoms with Crippen LogP contribution in [0.1, 0.15) is 11.1 Å². The number of anilines is 1. The number of aromatic nitrogens is 1. The maximum absolute atomic E-state index is 12.8. The van der Waals surface area contributed by atoms with Gasteiger partial charge in [0.25, 0.3) is 0 Å². The highest BCUT2D eigenvalue weighted by Gasteiger charge is 2.18. The second-order valence-corrected chi connectivity index (χ2v) is 8.17. The van der Waals surface area contributed by atoms with Gasteiger partial charge >= 0.3 is 0 Å². The number of methoxy groups -OCH3 is 1. The molecule has 1 amide bonds. The van der Waals surface area contributed by atoms with Crippen molar-refractivity contribution in [2.24, 2.45) is 0 Å². The molecule has 1 N–H and O–H groups in total. The van der Waals surface area contributed by atoms with Crippen LogP contribution in [0.5, 0.6) is 0 Å². The number of hydrogen-bond acceptors (Lipinski definition) is 5. The van der Waals surface area contributed by atoms with Crippen molar-refractivity contribution in [3.8, 4) is 0 Å². The smallest absolute Gasteiger partial charge is 0.248 e. The van der Waals surface area contributed by atoms with E-state index in [0.29, 0.717) is 12.3 Å². The first-order valence-corrected chi connectivity index (χ1v) is 10.3. The summed E-state index contributed by atoms with van der Waals surface area (Å²) in [5.74, 6) is -0.322. The minimum absolute atomic E-state index is 0.149. The highest BCUT2D eigenvalue weighted by molar-refractivity contribution is 7.91. The largest absolute Gasteiger partial charge is 0.380 e. The Labute approximate surface area is 169 Å². The predicted molar refractivity (Wildman–Crippen MR) is 111 cm³/mol. The van der Waals surface area contributed by atoms with Crippen LogP contribution in [0.4, 0.5) is 5.69 Å². The SMILES string of the molecule is COCc1cccc(S(=O)(=O)c2ccc(NC(=O)C=Cc3cccnc3)cc2)c1. The molecule has 2 aromatic carbocycles. The third-order valence-electron chi connectivity index (χ3n) is 4.06. The van der Waals surface area contributed by atoms with Crippen molar-refractivity contribution >= 4 is 27.5 Å². The van der Waals surface area contributed by atoms with E-state index in [4.69, 9.17) is 4.74 Å². The second kappa shape index (κ2) is 9.27. The van der Waals surface area contributed by atoms with Crippen molar-refractivity contribution in [3.05, 3.63) is 90.3 Å². The fourth-order valence-corrected chi connectivity index (χ4v) is 3.98. The molecule has 1 aromatic heterocycles. The molecule has 3 rings (SSSR count). The van der Waals surface area contributed by atoms with Crippen molar-refractivity contribution in [1.29, 1.82) is 0 Å². The molecule has 0 atom stereocenters. The third-order valence-corrected chi connectivity index (χ3v) is 5.83. The zero-order valence-corrected chi connectivity index (χ0v) is 16.6. The molecule has 0 aliphatic heterocycles. The Kier molecular flexibility index (Phi) is 6.54. The van der Waals surface area contributed by atoms with Gasteiger partial charge < -0.3 is 10.1 Å². The highest BCUT2D eigenvalue weighted by Crippen LogP contribution is 2.23. The summed E-state index contributed by atoms with van der Waals surface area (Å²) in [6.07, 6.45) is 6.34. The number of ether oxygens (including phenoxy) is 1. The molecule has 7 heteroatoms. The first kappa shape index (κ1) is 20.4. The Hall–Kier alpha value is -3.29. The molecular weight excluding hydrogens is 388 g/mol. The van der Waals surface area contributed by atoms with Crippen molar-refractivity contribution < 1.29 is 17.9 Å². The first-order valence-electron chi connectivity index (χ1n) is 8.81. The average molecular weight is 408 g/mol. The van der Waals surface area contributed by atoms with Gasteiger partial charge in [-0.05, 0) is 59.7 Å². The summed E-state index contributed by atoms with van der Waals surface area (Å²) in [5.41, 5.74) is 2.08. The summed E-state index contributed by atoms with van der Waals surface area (Å²) in [6.45, 7) is 0.334. The molecule has 0 aliphatic carbocycles. The van der Waals surface area contributed by atoms with Gasteiger partial charge in [0, 0.05) is 31.3 Å². The predicted octanol–water partition coefficient (Wildman–Crippen LogP) is 3.71. The van der Waals surface area contributed by atoms with Gasteiger partial charge in [-0.25, -0.2) is 8.42 Å². The van der Waals surface area contributed by atoms with Gasteiger partial charge in [-0.15, -0.1) is 0 Å². The molecule has 0 saturated heterocycles. The van der Waals surface area contributed by atoms with Gasteiger partial charge in [0.15, 0.2) is 0 Å². The Morgan fingerprint density at radius 3 is 2.55 bits per heavy atom. The van der Waals surface area contributed by atoms with Gasteiger partial charge in [0.2, 0.25) is 15.7 Å². The molecule has 1 heterocycles. The number of sulfone groups is 1. The van der Waals surface area contributed by atoms with Crippen LogP contribution in [0.15, 0.2) is 88.9 Å². The number of carbonyl (C=O) groups excluding carboxylic acids is 1. The fraction of sp³-hybridized carbons (Fsp3) is 0.0909. The van der Waals surface area contributed by atoms with Crippen LogP contribution < -0.4 is 5.32 Å². The first-order chi connectivity index (χ1) is 14.0. The molecular formula is C22H20N2O4S. The summed E-state index contributed by atoms with van der Waals surface area (Å²) in [5, 5.41) is 2.70. The lowest BCUT2D eigenvalue weighted by molar-refractivity contribution is -0.111. The Bertz CT molecular complexity index is 1110. The summed E-state index contributed by atoms with van der Waals surface area (Å²) >= 11 is 0. The van der Waals surface area contributed by atoms with Crippen LogP contribution >= 0.6 is 0 Å². The lowest BCUT2D eigenvalue weighted by atomic mass is 10.2. The number of carbonyl (C=O) groups is 1. The topological polar surface area (TPSA) is 85.4 Å². The number of rotatable bonds is 7. The third kappa shape index (κ3) is 5.37. The zero-order chi connectivity index (χ0) is 20.7. The molecule has 0 radical (unpaired) electrons. The highest BCUT2D eigenvalue weighted by atomic mass is 32.2. The quantitative estimate of drug-likeness (QED) is 0.603. The van der Waals surface area contributed by atoms with Gasteiger partial charge in [0.1, 0.15) is 0 Å². The molecule has 0 aliphatic rings. The number of benzene rings is 2. The molecule has 148 valence electrons. The van der Waals surface area contributed by atoms with Gasteiger partial charge in [-0.3, -0.25) is 9.78 Å². The van der Waals surface area contributed by atoms with E-state index >= 15 is 0 Å². The van der Waals surface area contributed by atoms with Gasteiger partial charge in [-0.1, -0.05) is 18.2 Å². The summed E-state index contributed by atoms with van der Waals surface area (Å²) in [4.78, 5) is 16.4. The van der Waals surface area contributed by atoms with E-state index in [1.807, 2.05) is 6.07 Å². The van der Waals surface area contributed by atoms with Crippen molar-refractivity contribution in [3.63, 3.8) is 0 Å². The Morgan fingerprint density at radius 1 is 1.07 bits per heavy atom. The van der Waals surface area contributed by atoms with Crippen molar-refractivity contribution in [2.75, 3.05) is 12.4 Å². The molecule has 0 spiro atoms. The fourth-order valence-electron chi connectivity index (χ4n) is 2.65. The molecule has 29 heavy (non-hydrogen) atoms. The number of pyridine rings is 1. The number of amides is 1. The number of nitrogens with one attached hydrogen (secondary N) is 1. The van der Waals surface area contributed by atoms with Crippen molar-refractivity contribution in [1.82, 2.24) is 4.98 Å². The summed E-state index contributed by atoms with van der Waals surface area (Å²) < 4.78 is 30.7. The number of hydrogen-bond donors (Lipinski definition) is 1. The molecule has 0 saturated carbocycles. The van der Waals surface area contributed by atoms with E-state index in [9.17, 15) is 13.2 Å². The van der Waals surface area contributed by atoms with Crippen LogP contribution in [-0.4, -0.2) is 26.4 Å². The minimum atomic E-state index is -3.66. The number of nitrogens with zero attached hydrogens (tertiary/aromatic N) is 1. The van der Waals surface area contributed by atoms with Crippen LogP contribution in [0.25, 0.3) is 6.08 Å². The van der Waals surface area contributed by atoms with Crippen molar-refractivity contribution in [2.45, 2.75) is 16.4 Å². The average Bonchev–Trinajstić information content (AvgIpc) is 2.74. The van der Waals surface area contributed by atoms with Crippen LogP contribution in [0, 0.1) is 0 Å². The van der Waals surface area contributed by atoms with Crippen LogP contribution in [0.3, 0.4) is 0 Å². The molecule has 3 aromatic rings. The maximum atomic E-state index is 12.8. The van der Waals surface area contributed by atoms with E-state index < -0.39 is 9.84 Å². The lowest BCUT2D eigenvalue weighted by Gasteiger charge is -2.08. The van der Waals surface area contributed by atoms with Crippen LogP contribution in [-0.2, 0) is 26.0 Å². The normalized spacial score (nSPS) is 11.5. The maximum Gasteiger partial charge on any atom is 0.248 e. The minimum Gasteiger partial charge on any atom is -0.380 e. The van der Waals surface area contributed by atoms with E-state index in [2.05, 4.69) is 10.3 Å². The standard InChI is InChI=1S/C22H20N2O4S/c1-28-16-18-4-2-6-21(14-18)29(26,27)20-10-8-19(9-11-20)24-22(25)12-7-17-5-3-13-23-15-17/h2-15H,16H2,1H3,(H,24,25). The van der Waals surface area contributed by atoms with E-state index in [0.717, 1.165) is 11.1 Å². The Balaban J connectivity index is 1.71.